The molecular weight excluding hydrogens is 170 g/mol. The summed E-state index contributed by atoms with van der Waals surface area (Å²) < 4.78 is 10.1. The average molecular weight is 189 g/mol. The van der Waals surface area contributed by atoms with Gasteiger partial charge in [0.25, 0.3) is 0 Å². The van der Waals surface area contributed by atoms with Crippen LogP contribution in [0, 0.1) is 0 Å². The van der Waals surface area contributed by atoms with E-state index in [1.165, 1.54) is 0 Å². The molecule has 78 valence electrons. The van der Waals surface area contributed by atoms with Gasteiger partial charge in [-0.15, -0.1) is 0 Å². The molecule has 0 unspecified atom stereocenters. The Bertz CT molecular complexity index is 133. The highest BCUT2D eigenvalue weighted by molar-refractivity contribution is 5.66. The summed E-state index contributed by atoms with van der Waals surface area (Å²) in [6.45, 7) is 5.39. The van der Waals surface area contributed by atoms with Crippen molar-refractivity contribution in [3.8, 4) is 0 Å². The second kappa shape index (κ2) is 7.86. The molecule has 0 atom stereocenters. The van der Waals surface area contributed by atoms with Gasteiger partial charge in [0.05, 0.1) is 13.2 Å². The maximum Gasteiger partial charge on any atom is 0.407 e. The minimum atomic E-state index is -0.350. The molecular formula is C9H19NO3. The first kappa shape index (κ1) is 12.2. The fourth-order valence-corrected chi connectivity index (χ4v) is 1.00. The molecule has 0 bridgehead atoms. The van der Waals surface area contributed by atoms with Gasteiger partial charge in [0.1, 0.15) is 6.10 Å². The van der Waals surface area contributed by atoms with Crippen LogP contribution in [-0.2, 0) is 9.47 Å². The summed E-state index contributed by atoms with van der Waals surface area (Å²) >= 11 is 0. The number of carbonyl (C=O) groups is 1. The van der Waals surface area contributed by atoms with Crippen LogP contribution in [0.1, 0.15) is 26.7 Å². The fraction of sp³-hybridized carbons (Fsp3) is 0.889. The number of hydrogen-bond donors (Lipinski definition) is 1. The third-order valence-corrected chi connectivity index (χ3v) is 1.65. The van der Waals surface area contributed by atoms with Crippen LogP contribution in [0.3, 0.4) is 0 Å². The Balaban J connectivity index is 0.000000671. The van der Waals surface area contributed by atoms with Crippen LogP contribution < -0.4 is 5.32 Å². The lowest BCUT2D eigenvalue weighted by molar-refractivity contribution is 0.00220. The second-order valence-corrected chi connectivity index (χ2v) is 2.47. The van der Waals surface area contributed by atoms with Crippen molar-refractivity contribution >= 4 is 6.09 Å². The number of nitrogens with one attached hydrogen (secondary N) is 1. The predicted molar refractivity (Wildman–Crippen MR) is 50.7 cm³/mol. The number of rotatable bonds is 1. The van der Waals surface area contributed by atoms with Crippen molar-refractivity contribution < 1.29 is 14.3 Å². The smallest absolute Gasteiger partial charge is 0.407 e. The van der Waals surface area contributed by atoms with E-state index in [1.54, 1.807) is 7.05 Å². The zero-order valence-electron chi connectivity index (χ0n) is 8.63. The van der Waals surface area contributed by atoms with E-state index in [0.29, 0.717) is 13.2 Å². The standard InChI is InChI=1S/C7H13NO3.C2H6/c1-8-7(9)11-6-2-4-10-5-3-6;1-2/h6H,2-5H2,1H3,(H,8,9);1-2H3. The largest absolute Gasteiger partial charge is 0.446 e. The molecule has 1 fully saturated rings. The van der Waals surface area contributed by atoms with Crippen molar-refractivity contribution in [2.24, 2.45) is 0 Å². The lowest BCUT2D eigenvalue weighted by Crippen LogP contribution is -2.30. The normalized spacial score (nSPS) is 16.8. The van der Waals surface area contributed by atoms with Gasteiger partial charge >= 0.3 is 6.09 Å². The summed E-state index contributed by atoms with van der Waals surface area (Å²) in [6.07, 6.45) is 1.32. The first-order valence-electron chi connectivity index (χ1n) is 4.79. The average Bonchev–Trinajstić information content (AvgIpc) is 2.22. The monoisotopic (exact) mass is 189 g/mol. The predicted octanol–water partition coefficient (Wildman–Crippen LogP) is 1.55. The zero-order valence-corrected chi connectivity index (χ0v) is 8.63. The quantitative estimate of drug-likeness (QED) is 0.680. The molecule has 1 amide bonds. The summed E-state index contributed by atoms with van der Waals surface area (Å²) in [4.78, 5) is 10.7. The molecule has 1 rings (SSSR count). The SMILES string of the molecule is CC.CNC(=O)OC1CCOCC1. The second-order valence-electron chi connectivity index (χ2n) is 2.47. The lowest BCUT2D eigenvalue weighted by Gasteiger charge is -2.21. The zero-order chi connectivity index (χ0) is 10.1. The van der Waals surface area contributed by atoms with Crippen LogP contribution >= 0.6 is 0 Å². The molecule has 1 N–H and O–H groups in total. The highest BCUT2D eigenvalue weighted by Crippen LogP contribution is 2.10. The number of alkyl carbamates (subject to hydrolysis) is 1. The van der Waals surface area contributed by atoms with E-state index in [9.17, 15) is 4.79 Å². The molecule has 0 aromatic heterocycles. The van der Waals surface area contributed by atoms with Crippen molar-refractivity contribution in [1.82, 2.24) is 5.32 Å². The summed E-state index contributed by atoms with van der Waals surface area (Å²) in [5.41, 5.74) is 0. The van der Waals surface area contributed by atoms with Crippen LogP contribution in [0.25, 0.3) is 0 Å². The Morgan fingerprint density at radius 1 is 1.38 bits per heavy atom. The maximum absolute atomic E-state index is 10.7. The lowest BCUT2D eigenvalue weighted by atomic mass is 10.2. The highest BCUT2D eigenvalue weighted by atomic mass is 16.6. The van der Waals surface area contributed by atoms with Crippen LogP contribution in [-0.4, -0.2) is 32.5 Å². The molecule has 4 nitrogen and oxygen atoms in total. The molecule has 0 aliphatic carbocycles. The van der Waals surface area contributed by atoms with Gasteiger partial charge in [-0.05, 0) is 0 Å². The van der Waals surface area contributed by atoms with E-state index in [-0.39, 0.29) is 12.2 Å². The van der Waals surface area contributed by atoms with Crippen LogP contribution in [0.2, 0.25) is 0 Å². The summed E-state index contributed by atoms with van der Waals surface area (Å²) in [7, 11) is 1.56. The molecule has 0 aromatic carbocycles. The van der Waals surface area contributed by atoms with E-state index >= 15 is 0 Å². The van der Waals surface area contributed by atoms with Gasteiger partial charge in [-0.2, -0.15) is 0 Å². The summed E-state index contributed by atoms with van der Waals surface area (Å²) in [5.74, 6) is 0. The summed E-state index contributed by atoms with van der Waals surface area (Å²) in [6, 6.07) is 0. The minimum absolute atomic E-state index is 0.0451. The molecule has 0 spiro atoms. The van der Waals surface area contributed by atoms with Crippen molar-refractivity contribution in [1.29, 1.82) is 0 Å². The van der Waals surface area contributed by atoms with Gasteiger partial charge in [0.15, 0.2) is 0 Å². The van der Waals surface area contributed by atoms with Gasteiger partial charge in [-0.3, -0.25) is 0 Å². The molecule has 13 heavy (non-hydrogen) atoms. The van der Waals surface area contributed by atoms with E-state index in [4.69, 9.17) is 9.47 Å². The van der Waals surface area contributed by atoms with Crippen LogP contribution in [0.5, 0.6) is 0 Å². The van der Waals surface area contributed by atoms with Crippen LogP contribution in [0.15, 0.2) is 0 Å². The Hall–Kier alpha value is -0.770. The number of amides is 1. The van der Waals surface area contributed by atoms with Gasteiger partial charge in [-0.25, -0.2) is 4.79 Å². The third kappa shape index (κ3) is 5.47. The van der Waals surface area contributed by atoms with Crippen molar-refractivity contribution in [3.63, 3.8) is 0 Å². The van der Waals surface area contributed by atoms with Crippen LogP contribution in [0.4, 0.5) is 4.79 Å². The highest BCUT2D eigenvalue weighted by Gasteiger charge is 2.16. The van der Waals surface area contributed by atoms with Gasteiger partial charge < -0.3 is 14.8 Å². The van der Waals surface area contributed by atoms with Gasteiger partial charge in [0.2, 0.25) is 0 Å². The fourth-order valence-electron chi connectivity index (χ4n) is 1.00. The minimum Gasteiger partial charge on any atom is -0.446 e. The van der Waals surface area contributed by atoms with Gasteiger partial charge in [0, 0.05) is 19.9 Å². The molecule has 4 heteroatoms. The maximum atomic E-state index is 10.7. The van der Waals surface area contributed by atoms with E-state index < -0.39 is 0 Å². The molecule has 1 saturated heterocycles. The Morgan fingerprint density at radius 3 is 2.38 bits per heavy atom. The Kier molecular flexibility index (Phi) is 7.39. The van der Waals surface area contributed by atoms with Crippen molar-refractivity contribution in [3.05, 3.63) is 0 Å². The number of ether oxygens (including phenoxy) is 2. The first-order valence-corrected chi connectivity index (χ1v) is 4.79. The summed E-state index contributed by atoms with van der Waals surface area (Å²) in [5, 5.41) is 2.41. The number of hydrogen-bond acceptors (Lipinski definition) is 3. The molecule has 1 aliphatic heterocycles. The molecule has 1 aliphatic rings. The number of carbonyl (C=O) groups excluding carboxylic acids is 1. The van der Waals surface area contributed by atoms with Crippen molar-refractivity contribution in [2.45, 2.75) is 32.8 Å². The van der Waals surface area contributed by atoms with Crippen molar-refractivity contribution in [2.75, 3.05) is 20.3 Å². The van der Waals surface area contributed by atoms with E-state index in [2.05, 4.69) is 5.32 Å². The molecule has 1 heterocycles. The Morgan fingerprint density at radius 2 is 1.92 bits per heavy atom. The van der Waals surface area contributed by atoms with E-state index in [1.807, 2.05) is 13.8 Å². The van der Waals surface area contributed by atoms with Gasteiger partial charge in [-0.1, -0.05) is 13.8 Å². The third-order valence-electron chi connectivity index (χ3n) is 1.65. The molecule has 0 radical (unpaired) electrons. The topological polar surface area (TPSA) is 47.6 Å². The molecule has 0 aromatic rings. The first-order chi connectivity index (χ1) is 6.33. The Labute approximate surface area is 79.6 Å². The molecule has 0 saturated carbocycles. The van der Waals surface area contributed by atoms with E-state index in [0.717, 1.165) is 12.8 Å².